The van der Waals surface area contributed by atoms with Crippen molar-refractivity contribution in [3.05, 3.63) is 92.5 Å². The molecular formula is C27H21Cl2N5O5. The van der Waals surface area contributed by atoms with E-state index >= 15 is 0 Å². The van der Waals surface area contributed by atoms with Crippen LogP contribution in [-0.2, 0) is 9.59 Å². The number of non-ortho nitro benzene ring substituents is 1. The Balaban J connectivity index is 1.62. The molecule has 0 saturated heterocycles. The molecule has 2 heterocycles. The number of nitrogens with zero attached hydrogens (tertiary/aromatic N) is 5. The first-order valence-corrected chi connectivity index (χ1v) is 12.6. The molecule has 0 spiro atoms. The number of carbonyl (C=O) groups excluding carboxylic acids is 2. The Labute approximate surface area is 232 Å². The Morgan fingerprint density at radius 3 is 1.67 bits per heavy atom. The van der Waals surface area contributed by atoms with Gasteiger partial charge < -0.3 is 5.11 Å². The summed E-state index contributed by atoms with van der Waals surface area (Å²) in [5.41, 5.74) is 1.43. The topological polar surface area (TPSA) is 129 Å². The molecule has 5 rings (SSSR count). The molecule has 2 aliphatic heterocycles. The van der Waals surface area contributed by atoms with Crippen LogP contribution in [0.15, 0.2) is 76.9 Å². The normalized spacial score (nSPS) is 19.8. The van der Waals surface area contributed by atoms with Crippen molar-refractivity contribution in [3.8, 4) is 5.75 Å². The van der Waals surface area contributed by atoms with Gasteiger partial charge in [-0.05, 0) is 68.4 Å². The zero-order valence-electron chi connectivity index (χ0n) is 20.7. The molecule has 10 nitrogen and oxygen atoms in total. The Morgan fingerprint density at radius 1 is 0.821 bits per heavy atom. The third-order valence-corrected chi connectivity index (χ3v) is 7.31. The highest BCUT2D eigenvalue weighted by atomic mass is 35.5. The van der Waals surface area contributed by atoms with Gasteiger partial charge in [0.05, 0.1) is 28.1 Å². The molecule has 39 heavy (non-hydrogen) atoms. The highest BCUT2D eigenvalue weighted by molar-refractivity contribution is 6.31. The number of anilines is 2. The smallest absolute Gasteiger partial charge is 0.269 e. The Bertz CT molecular complexity index is 1470. The van der Waals surface area contributed by atoms with Gasteiger partial charge in [0.25, 0.3) is 17.5 Å². The van der Waals surface area contributed by atoms with E-state index in [4.69, 9.17) is 23.2 Å². The van der Waals surface area contributed by atoms with Crippen molar-refractivity contribution in [2.45, 2.75) is 19.8 Å². The summed E-state index contributed by atoms with van der Waals surface area (Å²) < 4.78 is 0. The van der Waals surface area contributed by atoms with Crippen LogP contribution in [-0.4, -0.2) is 33.3 Å². The largest absolute Gasteiger partial charge is 0.508 e. The molecule has 0 saturated carbocycles. The molecule has 2 atom stereocenters. The zero-order chi connectivity index (χ0) is 28.0. The van der Waals surface area contributed by atoms with Crippen molar-refractivity contribution >= 4 is 63.5 Å². The summed E-state index contributed by atoms with van der Waals surface area (Å²) in [7, 11) is 0. The molecule has 2 aliphatic rings. The van der Waals surface area contributed by atoms with Crippen LogP contribution in [0.25, 0.3) is 0 Å². The molecule has 3 aromatic carbocycles. The van der Waals surface area contributed by atoms with Gasteiger partial charge in [-0.1, -0.05) is 23.2 Å². The SMILES string of the molecule is CC1=NN(c2ccc(Cl)cc2)C(=O)C1C(c1cc([N+](=O)[O-])ccc1O)C1C(=O)N(c2ccc(Cl)cc2)N=C1C. The summed E-state index contributed by atoms with van der Waals surface area (Å²) in [6.45, 7) is 3.28. The summed E-state index contributed by atoms with van der Waals surface area (Å²) in [5.74, 6) is -4.32. The maximum atomic E-state index is 13.9. The van der Waals surface area contributed by atoms with Gasteiger partial charge in [-0.3, -0.25) is 19.7 Å². The Kier molecular flexibility index (Phi) is 6.83. The molecular weight excluding hydrogens is 545 g/mol. The lowest BCUT2D eigenvalue weighted by atomic mass is 9.72. The van der Waals surface area contributed by atoms with Gasteiger partial charge in [-0.25, -0.2) is 10.0 Å². The van der Waals surface area contributed by atoms with Crippen LogP contribution >= 0.6 is 23.2 Å². The second-order valence-corrected chi connectivity index (χ2v) is 10.1. The first-order chi connectivity index (χ1) is 18.6. The maximum absolute atomic E-state index is 13.9. The standard InChI is InChI=1S/C27H21Cl2N5O5/c1-14-23(26(36)32(30-14)18-7-3-16(28)4-8-18)25(21-13-20(34(38)39)11-12-22(21)35)24-15(2)31-33(27(24)37)19-9-5-17(29)6-10-19/h3-13,23-25,35H,1-2H3. The lowest BCUT2D eigenvalue weighted by Crippen LogP contribution is -2.40. The second-order valence-electron chi connectivity index (χ2n) is 9.22. The number of benzene rings is 3. The van der Waals surface area contributed by atoms with Crippen LogP contribution < -0.4 is 10.0 Å². The minimum absolute atomic E-state index is 0.0703. The van der Waals surface area contributed by atoms with Crippen molar-refractivity contribution in [2.75, 3.05) is 10.0 Å². The third kappa shape index (κ3) is 4.73. The van der Waals surface area contributed by atoms with Gasteiger partial charge in [0, 0.05) is 45.1 Å². The fourth-order valence-electron chi connectivity index (χ4n) is 4.99. The summed E-state index contributed by atoms with van der Waals surface area (Å²) in [5, 5.41) is 34.8. The van der Waals surface area contributed by atoms with E-state index in [1.165, 1.54) is 22.2 Å². The monoisotopic (exact) mass is 565 g/mol. The van der Waals surface area contributed by atoms with Crippen LogP contribution in [0.3, 0.4) is 0 Å². The Morgan fingerprint density at radius 2 is 1.26 bits per heavy atom. The highest BCUT2D eigenvalue weighted by Gasteiger charge is 2.51. The van der Waals surface area contributed by atoms with E-state index in [-0.39, 0.29) is 17.0 Å². The fourth-order valence-corrected chi connectivity index (χ4v) is 5.25. The summed E-state index contributed by atoms with van der Waals surface area (Å²) in [6.07, 6.45) is 0. The number of hydrogen-bond donors (Lipinski definition) is 1. The third-order valence-electron chi connectivity index (χ3n) is 6.81. The number of hydrazone groups is 2. The van der Waals surface area contributed by atoms with Crippen LogP contribution in [0.5, 0.6) is 5.75 Å². The van der Waals surface area contributed by atoms with Crippen molar-refractivity contribution in [3.63, 3.8) is 0 Å². The van der Waals surface area contributed by atoms with Crippen molar-refractivity contribution in [1.29, 1.82) is 0 Å². The number of phenols is 1. The first-order valence-electron chi connectivity index (χ1n) is 11.8. The van der Waals surface area contributed by atoms with E-state index in [1.54, 1.807) is 62.4 Å². The number of phenolic OH excluding ortho intramolecular Hbond substituents is 1. The highest BCUT2D eigenvalue weighted by Crippen LogP contribution is 2.46. The number of rotatable bonds is 6. The minimum atomic E-state index is -1.05. The number of halogens is 2. The van der Waals surface area contributed by atoms with Crippen LogP contribution in [0.4, 0.5) is 17.1 Å². The fraction of sp³-hybridized carbons (Fsp3) is 0.185. The number of hydrogen-bond acceptors (Lipinski definition) is 7. The van der Waals surface area contributed by atoms with Gasteiger partial charge in [0.15, 0.2) is 0 Å². The average Bonchev–Trinajstić information content (AvgIpc) is 3.36. The van der Waals surface area contributed by atoms with Gasteiger partial charge >= 0.3 is 0 Å². The van der Waals surface area contributed by atoms with E-state index in [2.05, 4.69) is 10.2 Å². The zero-order valence-corrected chi connectivity index (χ0v) is 22.2. The van der Waals surface area contributed by atoms with Crippen LogP contribution in [0.1, 0.15) is 25.3 Å². The second kappa shape index (κ2) is 10.1. The van der Waals surface area contributed by atoms with E-state index in [9.17, 15) is 24.8 Å². The number of nitro groups is 1. The Hall–Kier alpha value is -4.28. The lowest BCUT2D eigenvalue weighted by molar-refractivity contribution is -0.385. The molecule has 0 fully saturated rings. The maximum Gasteiger partial charge on any atom is 0.269 e. The van der Waals surface area contributed by atoms with E-state index in [0.29, 0.717) is 32.8 Å². The minimum Gasteiger partial charge on any atom is -0.508 e. The average molecular weight is 566 g/mol. The molecule has 2 amide bonds. The van der Waals surface area contributed by atoms with Gasteiger partial charge in [0.1, 0.15) is 5.75 Å². The molecule has 12 heteroatoms. The van der Waals surface area contributed by atoms with Gasteiger partial charge in [-0.2, -0.15) is 10.2 Å². The number of nitro benzene ring substituents is 1. The number of carbonyl (C=O) groups is 2. The first kappa shape index (κ1) is 26.3. The van der Waals surface area contributed by atoms with Crippen molar-refractivity contribution < 1.29 is 19.6 Å². The van der Waals surface area contributed by atoms with Crippen molar-refractivity contribution in [1.82, 2.24) is 0 Å². The van der Waals surface area contributed by atoms with Crippen molar-refractivity contribution in [2.24, 2.45) is 22.0 Å². The molecule has 0 aromatic heterocycles. The van der Waals surface area contributed by atoms with E-state index in [1.807, 2.05) is 0 Å². The molecule has 2 unspecified atom stereocenters. The van der Waals surface area contributed by atoms with Gasteiger partial charge in [-0.15, -0.1) is 0 Å². The summed E-state index contributed by atoms with van der Waals surface area (Å²) in [4.78, 5) is 38.8. The number of aromatic hydroxyl groups is 1. The lowest BCUT2D eigenvalue weighted by Gasteiger charge is -2.29. The quantitative estimate of drug-likeness (QED) is 0.299. The predicted octanol–water partition coefficient (Wildman–Crippen LogP) is 5.77. The summed E-state index contributed by atoms with van der Waals surface area (Å²) >= 11 is 12.0. The number of amides is 2. The molecule has 0 aliphatic carbocycles. The van der Waals surface area contributed by atoms with Crippen LogP contribution in [0.2, 0.25) is 10.0 Å². The van der Waals surface area contributed by atoms with Gasteiger partial charge in [0.2, 0.25) is 0 Å². The van der Waals surface area contributed by atoms with E-state index in [0.717, 1.165) is 6.07 Å². The molecule has 1 N–H and O–H groups in total. The molecule has 0 radical (unpaired) electrons. The molecule has 0 bridgehead atoms. The van der Waals surface area contributed by atoms with E-state index < -0.39 is 34.5 Å². The predicted molar refractivity (Wildman–Crippen MR) is 149 cm³/mol. The summed E-state index contributed by atoms with van der Waals surface area (Å²) in [6, 6.07) is 16.5. The molecule has 198 valence electrons. The molecule has 3 aromatic rings. The van der Waals surface area contributed by atoms with Crippen LogP contribution in [0, 0.1) is 22.0 Å².